The van der Waals surface area contributed by atoms with E-state index in [9.17, 15) is 9.59 Å². The number of amides is 2. The number of rotatable bonds is 4. The Morgan fingerprint density at radius 1 is 1.47 bits per heavy atom. The van der Waals surface area contributed by atoms with Gasteiger partial charge in [-0.15, -0.1) is 0 Å². The number of fused-ring (bicyclic) bond motifs is 1. The molecule has 2 amide bonds. The van der Waals surface area contributed by atoms with Crippen molar-refractivity contribution in [2.24, 2.45) is 5.73 Å². The van der Waals surface area contributed by atoms with Crippen molar-refractivity contribution in [3.8, 4) is 0 Å². The van der Waals surface area contributed by atoms with Crippen LogP contribution in [-0.4, -0.2) is 25.0 Å². The van der Waals surface area contributed by atoms with Crippen LogP contribution in [0.4, 0.5) is 5.69 Å². The van der Waals surface area contributed by atoms with Gasteiger partial charge in [0.05, 0.1) is 0 Å². The molecule has 1 heterocycles. The van der Waals surface area contributed by atoms with Gasteiger partial charge >= 0.3 is 0 Å². The third-order valence-electron chi connectivity index (χ3n) is 2.46. The monoisotopic (exact) mass is 235 g/mol. The lowest BCUT2D eigenvalue weighted by molar-refractivity contribution is -0.124. The maximum absolute atomic E-state index is 11.6. The maximum Gasteiger partial charge on any atom is 0.274 e. The summed E-state index contributed by atoms with van der Waals surface area (Å²) < 4.78 is 0. The number of nitrogens with one attached hydrogen (secondary N) is 2. The van der Waals surface area contributed by atoms with Crippen LogP contribution in [0.5, 0.6) is 0 Å². The number of nitrogens with two attached hydrogens (primary N) is 1. The van der Waals surface area contributed by atoms with Gasteiger partial charge in [-0.25, -0.2) is 5.48 Å². The fourth-order valence-corrected chi connectivity index (χ4v) is 1.66. The van der Waals surface area contributed by atoms with Gasteiger partial charge in [0.1, 0.15) is 0 Å². The highest BCUT2D eigenvalue weighted by Gasteiger charge is 2.13. The second-order valence-electron chi connectivity index (χ2n) is 3.73. The zero-order valence-corrected chi connectivity index (χ0v) is 9.16. The molecular weight excluding hydrogens is 222 g/mol. The van der Waals surface area contributed by atoms with E-state index < -0.39 is 11.8 Å². The molecule has 6 heteroatoms. The molecule has 0 fully saturated rings. The van der Waals surface area contributed by atoms with E-state index in [1.165, 1.54) is 5.56 Å². The molecule has 0 saturated heterocycles. The molecule has 6 nitrogen and oxygen atoms in total. The summed E-state index contributed by atoms with van der Waals surface area (Å²) in [5.41, 5.74) is 9.65. The molecule has 2 rings (SSSR count). The Hall–Kier alpha value is -2.08. The van der Waals surface area contributed by atoms with Crippen LogP contribution in [0.2, 0.25) is 0 Å². The summed E-state index contributed by atoms with van der Waals surface area (Å²) in [6.45, 7) is 0.549. The normalized spacial score (nSPS) is 12.7. The van der Waals surface area contributed by atoms with Crippen LogP contribution in [0.1, 0.15) is 15.9 Å². The summed E-state index contributed by atoms with van der Waals surface area (Å²) in [4.78, 5) is 26.7. The molecule has 1 aromatic carbocycles. The van der Waals surface area contributed by atoms with Crippen molar-refractivity contribution >= 4 is 17.5 Å². The fraction of sp³-hybridized carbons (Fsp3) is 0.273. The Bertz CT molecular complexity index is 459. The van der Waals surface area contributed by atoms with E-state index >= 15 is 0 Å². The first-order valence-corrected chi connectivity index (χ1v) is 5.24. The van der Waals surface area contributed by atoms with Crippen LogP contribution in [0, 0.1) is 0 Å². The van der Waals surface area contributed by atoms with Crippen LogP contribution >= 0.6 is 0 Å². The van der Waals surface area contributed by atoms with Gasteiger partial charge in [0, 0.05) is 17.8 Å². The van der Waals surface area contributed by atoms with Gasteiger partial charge in [-0.05, 0) is 24.1 Å². The van der Waals surface area contributed by atoms with E-state index in [1.54, 1.807) is 12.1 Å². The van der Waals surface area contributed by atoms with E-state index in [1.807, 2.05) is 6.07 Å². The fourth-order valence-electron chi connectivity index (χ4n) is 1.66. The summed E-state index contributed by atoms with van der Waals surface area (Å²) in [7, 11) is 0. The number of benzene rings is 1. The van der Waals surface area contributed by atoms with Crippen LogP contribution in [-0.2, 0) is 16.1 Å². The first-order chi connectivity index (χ1) is 8.16. The molecule has 17 heavy (non-hydrogen) atoms. The number of hydroxylamine groups is 1. The maximum atomic E-state index is 11.6. The van der Waals surface area contributed by atoms with Gasteiger partial charge in [0.25, 0.3) is 5.91 Å². The molecule has 0 saturated carbocycles. The summed E-state index contributed by atoms with van der Waals surface area (Å²) in [5.74, 6) is -1.04. The lowest BCUT2D eigenvalue weighted by Crippen LogP contribution is -2.29. The van der Waals surface area contributed by atoms with Crippen molar-refractivity contribution in [1.29, 1.82) is 0 Å². The van der Waals surface area contributed by atoms with Gasteiger partial charge < -0.3 is 11.1 Å². The minimum atomic E-state index is -0.638. The molecule has 0 atom stereocenters. The SMILES string of the molecule is NC(=O)CONC(=O)c1ccc2c(c1)NCC2. The van der Waals surface area contributed by atoms with E-state index in [-0.39, 0.29) is 6.61 Å². The number of hydrogen-bond acceptors (Lipinski definition) is 4. The number of carbonyl (C=O) groups is 2. The Labute approximate surface area is 98.1 Å². The van der Waals surface area contributed by atoms with E-state index in [0.29, 0.717) is 5.56 Å². The molecule has 0 radical (unpaired) electrons. The number of carbonyl (C=O) groups excluding carboxylic acids is 2. The molecule has 1 aliphatic rings. The minimum Gasteiger partial charge on any atom is -0.384 e. The first kappa shape index (κ1) is 11.4. The first-order valence-electron chi connectivity index (χ1n) is 5.24. The Kier molecular flexibility index (Phi) is 3.24. The number of primary amides is 1. The highest BCUT2D eigenvalue weighted by Crippen LogP contribution is 2.22. The van der Waals surface area contributed by atoms with Crippen molar-refractivity contribution in [2.45, 2.75) is 6.42 Å². The molecule has 1 aromatic rings. The van der Waals surface area contributed by atoms with Crippen LogP contribution in [0.15, 0.2) is 18.2 Å². The summed E-state index contributed by atoms with van der Waals surface area (Å²) in [6.07, 6.45) is 0.968. The standard InChI is InChI=1S/C11H13N3O3/c12-10(15)6-17-14-11(16)8-2-1-7-3-4-13-9(7)5-8/h1-2,5,13H,3-4,6H2,(H2,12,15)(H,14,16). The smallest absolute Gasteiger partial charge is 0.274 e. The highest BCUT2D eigenvalue weighted by molar-refractivity contribution is 5.94. The lowest BCUT2D eigenvalue weighted by Gasteiger charge is -2.06. The van der Waals surface area contributed by atoms with Gasteiger partial charge in [-0.3, -0.25) is 14.4 Å². The molecule has 0 aliphatic carbocycles. The molecule has 4 N–H and O–H groups in total. The van der Waals surface area contributed by atoms with Crippen molar-refractivity contribution in [1.82, 2.24) is 5.48 Å². The van der Waals surface area contributed by atoms with Crippen molar-refractivity contribution in [2.75, 3.05) is 18.5 Å². The van der Waals surface area contributed by atoms with Crippen LogP contribution in [0.3, 0.4) is 0 Å². The van der Waals surface area contributed by atoms with Gasteiger partial charge in [0.15, 0.2) is 6.61 Å². The minimum absolute atomic E-state index is 0.338. The molecule has 0 bridgehead atoms. The summed E-state index contributed by atoms with van der Waals surface area (Å²) in [5, 5.41) is 3.17. The second-order valence-corrected chi connectivity index (χ2v) is 3.73. The number of hydrogen-bond donors (Lipinski definition) is 3. The van der Waals surface area contributed by atoms with E-state index in [4.69, 9.17) is 5.73 Å². The van der Waals surface area contributed by atoms with Crippen LogP contribution in [0.25, 0.3) is 0 Å². The zero-order chi connectivity index (χ0) is 12.3. The molecule has 0 unspecified atom stereocenters. The van der Waals surface area contributed by atoms with Crippen LogP contribution < -0.4 is 16.5 Å². The molecular formula is C11H13N3O3. The Morgan fingerprint density at radius 2 is 2.29 bits per heavy atom. The predicted octanol–water partition coefficient (Wildman–Crippen LogP) is -0.199. The van der Waals surface area contributed by atoms with E-state index in [2.05, 4.69) is 15.6 Å². The summed E-state index contributed by atoms with van der Waals surface area (Å²) in [6, 6.07) is 5.37. The van der Waals surface area contributed by atoms with Crippen molar-refractivity contribution in [3.63, 3.8) is 0 Å². The quantitative estimate of drug-likeness (QED) is 0.630. The van der Waals surface area contributed by atoms with Gasteiger partial charge in [-0.2, -0.15) is 0 Å². The Morgan fingerprint density at radius 3 is 3.06 bits per heavy atom. The molecule has 0 aromatic heterocycles. The topological polar surface area (TPSA) is 93.5 Å². The molecule has 90 valence electrons. The van der Waals surface area contributed by atoms with Crippen molar-refractivity contribution < 1.29 is 14.4 Å². The van der Waals surface area contributed by atoms with Gasteiger partial charge in [0.2, 0.25) is 5.91 Å². The van der Waals surface area contributed by atoms with Crippen molar-refractivity contribution in [3.05, 3.63) is 29.3 Å². The number of anilines is 1. The largest absolute Gasteiger partial charge is 0.384 e. The predicted molar refractivity (Wildman–Crippen MR) is 61.2 cm³/mol. The summed E-state index contributed by atoms with van der Waals surface area (Å²) >= 11 is 0. The van der Waals surface area contributed by atoms with Gasteiger partial charge in [-0.1, -0.05) is 6.07 Å². The zero-order valence-electron chi connectivity index (χ0n) is 9.16. The third kappa shape index (κ3) is 2.73. The highest BCUT2D eigenvalue weighted by atomic mass is 16.7. The van der Waals surface area contributed by atoms with E-state index in [0.717, 1.165) is 18.7 Å². The average molecular weight is 235 g/mol. The molecule has 1 aliphatic heterocycles. The molecule has 0 spiro atoms. The lowest BCUT2D eigenvalue weighted by atomic mass is 10.1. The average Bonchev–Trinajstić information content (AvgIpc) is 2.75. The Balaban J connectivity index is 1.97. The third-order valence-corrected chi connectivity index (χ3v) is 2.46. The second kappa shape index (κ2) is 4.84.